The van der Waals surface area contributed by atoms with Gasteiger partial charge >= 0.3 is 6.18 Å². The average molecular weight is 368 g/mol. The maximum atomic E-state index is 12.5. The Labute approximate surface area is 137 Å². The first-order valence-electron chi connectivity index (χ1n) is 5.67. The molecule has 3 nitrogen and oxygen atoms in total. The zero-order valence-corrected chi connectivity index (χ0v) is 12.9. The molecule has 0 saturated heterocycles. The maximum absolute atomic E-state index is 12.5. The molecule has 0 amide bonds. The number of non-ortho nitro benzene ring substituents is 1. The average Bonchev–Trinajstić information content (AvgIpc) is 2.42. The molecular weight excluding hydrogens is 362 g/mol. The van der Waals surface area contributed by atoms with Crippen LogP contribution in [-0.4, -0.2) is 4.92 Å². The van der Waals surface area contributed by atoms with Crippen molar-refractivity contribution in [2.45, 2.75) is 16.0 Å². The van der Waals surface area contributed by atoms with E-state index in [0.29, 0.717) is 9.79 Å². The fourth-order valence-electron chi connectivity index (χ4n) is 1.58. The fourth-order valence-corrected chi connectivity index (χ4v) is 3.11. The lowest BCUT2D eigenvalue weighted by Gasteiger charge is -2.09. The molecule has 0 unspecified atom stereocenters. The summed E-state index contributed by atoms with van der Waals surface area (Å²) in [6.45, 7) is 0. The first-order chi connectivity index (χ1) is 10.2. The first-order valence-corrected chi connectivity index (χ1v) is 7.24. The molecular formula is C13H6Cl2F3NO2S. The van der Waals surface area contributed by atoms with Gasteiger partial charge in [-0.2, -0.15) is 13.2 Å². The Morgan fingerprint density at radius 2 is 1.55 bits per heavy atom. The monoisotopic (exact) mass is 367 g/mol. The highest BCUT2D eigenvalue weighted by atomic mass is 35.5. The second-order valence-corrected chi connectivity index (χ2v) is 6.02. The van der Waals surface area contributed by atoms with Gasteiger partial charge in [-0.25, -0.2) is 0 Å². The van der Waals surface area contributed by atoms with E-state index in [0.717, 1.165) is 36.0 Å². The SMILES string of the molecule is O=[N+]([O-])c1cc(Cl)c(Sc2ccc(C(F)(F)F)cc2)c(Cl)c1. The summed E-state index contributed by atoms with van der Waals surface area (Å²) in [6, 6.07) is 6.72. The molecule has 0 bridgehead atoms. The largest absolute Gasteiger partial charge is 0.416 e. The van der Waals surface area contributed by atoms with Gasteiger partial charge < -0.3 is 0 Å². The molecule has 0 saturated carbocycles. The van der Waals surface area contributed by atoms with Gasteiger partial charge in [0, 0.05) is 21.9 Å². The first kappa shape index (κ1) is 16.9. The van der Waals surface area contributed by atoms with Crippen molar-refractivity contribution in [1.82, 2.24) is 0 Å². The summed E-state index contributed by atoms with van der Waals surface area (Å²) in [5.74, 6) is 0. The number of nitro benzene ring substituents is 1. The van der Waals surface area contributed by atoms with Gasteiger partial charge in [0.1, 0.15) is 0 Å². The molecule has 0 heterocycles. The van der Waals surface area contributed by atoms with E-state index in [1.807, 2.05) is 0 Å². The van der Waals surface area contributed by atoms with Crippen molar-refractivity contribution in [2.24, 2.45) is 0 Å². The quantitative estimate of drug-likeness (QED) is 0.488. The second-order valence-electron chi connectivity index (χ2n) is 4.12. The molecule has 2 aromatic rings. The Kier molecular flexibility index (Phi) is 4.89. The smallest absolute Gasteiger partial charge is 0.258 e. The number of hydrogen-bond acceptors (Lipinski definition) is 3. The summed E-state index contributed by atoms with van der Waals surface area (Å²) >= 11 is 12.9. The topological polar surface area (TPSA) is 43.1 Å². The van der Waals surface area contributed by atoms with E-state index in [4.69, 9.17) is 23.2 Å². The molecule has 116 valence electrons. The van der Waals surface area contributed by atoms with Gasteiger partial charge in [0.05, 0.1) is 20.5 Å². The van der Waals surface area contributed by atoms with Gasteiger partial charge in [-0.05, 0) is 24.3 Å². The van der Waals surface area contributed by atoms with E-state index in [1.54, 1.807) is 0 Å². The molecule has 0 radical (unpaired) electrons. The van der Waals surface area contributed by atoms with Crippen LogP contribution in [0.15, 0.2) is 46.2 Å². The third kappa shape index (κ3) is 3.85. The second kappa shape index (κ2) is 6.36. The van der Waals surface area contributed by atoms with Crippen molar-refractivity contribution in [2.75, 3.05) is 0 Å². The Balaban J connectivity index is 2.30. The van der Waals surface area contributed by atoms with Gasteiger partial charge in [-0.3, -0.25) is 10.1 Å². The van der Waals surface area contributed by atoms with Crippen molar-refractivity contribution in [3.63, 3.8) is 0 Å². The van der Waals surface area contributed by atoms with Gasteiger partial charge in [0.2, 0.25) is 0 Å². The van der Waals surface area contributed by atoms with Crippen LogP contribution in [0.25, 0.3) is 0 Å². The predicted octanol–water partition coefficient (Wildman–Crippen LogP) is 6.07. The maximum Gasteiger partial charge on any atom is 0.416 e. The minimum Gasteiger partial charge on any atom is -0.258 e. The number of nitrogens with zero attached hydrogens (tertiary/aromatic N) is 1. The minimum atomic E-state index is -4.41. The summed E-state index contributed by atoms with van der Waals surface area (Å²) in [4.78, 5) is 10.9. The van der Waals surface area contributed by atoms with Crippen molar-refractivity contribution < 1.29 is 18.1 Å². The third-order valence-corrected chi connectivity index (χ3v) is 4.57. The van der Waals surface area contributed by atoms with Gasteiger partial charge in [-0.1, -0.05) is 35.0 Å². The van der Waals surface area contributed by atoms with E-state index in [2.05, 4.69) is 0 Å². The van der Waals surface area contributed by atoms with Crippen LogP contribution in [-0.2, 0) is 6.18 Å². The van der Waals surface area contributed by atoms with E-state index in [9.17, 15) is 23.3 Å². The highest BCUT2D eigenvalue weighted by Crippen LogP contribution is 2.41. The lowest BCUT2D eigenvalue weighted by Crippen LogP contribution is -2.03. The zero-order chi connectivity index (χ0) is 16.5. The number of benzene rings is 2. The molecule has 0 fully saturated rings. The van der Waals surface area contributed by atoms with Gasteiger partial charge in [0.15, 0.2) is 0 Å². The lowest BCUT2D eigenvalue weighted by molar-refractivity contribution is -0.384. The molecule has 22 heavy (non-hydrogen) atoms. The zero-order valence-electron chi connectivity index (χ0n) is 10.5. The third-order valence-electron chi connectivity index (χ3n) is 2.60. The van der Waals surface area contributed by atoms with Crippen LogP contribution >= 0.6 is 35.0 Å². The van der Waals surface area contributed by atoms with E-state index < -0.39 is 16.7 Å². The van der Waals surface area contributed by atoms with Crippen LogP contribution in [0.5, 0.6) is 0 Å². The molecule has 2 rings (SSSR count). The summed E-state index contributed by atoms with van der Waals surface area (Å²) in [6.07, 6.45) is -4.41. The standard InChI is InChI=1S/C13H6Cl2F3NO2S/c14-10-5-8(19(20)21)6-11(15)12(10)22-9-3-1-7(2-4-9)13(16,17)18/h1-6H. The number of nitro groups is 1. The highest BCUT2D eigenvalue weighted by Gasteiger charge is 2.30. The van der Waals surface area contributed by atoms with Crippen molar-refractivity contribution in [3.8, 4) is 0 Å². The normalized spacial score (nSPS) is 11.5. The molecule has 0 aliphatic rings. The van der Waals surface area contributed by atoms with Crippen LogP contribution in [0, 0.1) is 10.1 Å². The lowest BCUT2D eigenvalue weighted by atomic mass is 10.2. The Bertz CT molecular complexity index is 697. The molecule has 0 aromatic heterocycles. The summed E-state index contributed by atoms with van der Waals surface area (Å²) in [5, 5.41) is 10.8. The Morgan fingerprint density at radius 3 is 1.95 bits per heavy atom. The van der Waals surface area contributed by atoms with Crippen molar-refractivity contribution >= 4 is 40.7 Å². The Hall–Kier alpha value is -1.44. The summed E-state index contributed by atoms with van der Waals surface area (Å²) in [5.41, 5.74) is -1.02. The highest BCUT2D eigenvalue weighted by molar-refractivity contribution is 7.99. The molecule has 0 aliphatic heterocycles. The number of hydrogen-bond donors (Lipinski definition) is 0. The van der Waals surface area contributed by atoms with E-state index >= 15 is 0 Å². The number of rotatable bonds is 3. The fraction of sp³-hybridized carbons (Fsp3) is 0.0769. The van der Waals surface area contributed by atoms with Crippen molar-refractivity contribution in [1.29, 1.82) is 0 Å². The molecule has 0 spiro atoms. The van der Waals surface area contributed by atoms with E-state index in [-0.39, 0.29) is 15.7 Å². The molecule has 2 aromatic carbocycles. The van der Waals surface area contributed by atoms with E-state index in [1.165, 1.54) is 12.1 Å². The minimum absolute atomic E-state index is 0.0593. The van der Waals surface area contributed by atoms with Crippen LogP contribution in [0.2, 0.25) is 10.0 Å². The number of halogens is 5. The predicted molar refractivity (Wildman–Crippen MR) is 78.7 cm³/mol. The Morgan fingerprint density at radius 1 is 1.05 bits per heavy atom. The van der Waals surface area contributed by atoms with Crippen molar-refractivity contribution in [3.05, 3.63) is 62.1 Å². The molecule has 0 atom stereocenters. The number of alkyl halides is 3. The van der Waals surface area contributed by atoms with Crippen LogP contribution in [0.3, 0.4) is 0 Å². The van der Waals surface area contributed by atoms with Crippen LogP contribution in [0.4, 0.5) is 18.9 Å². The van der Waals surface area contributed by atoms with Gasteiger partial charge in [0.25, 0.3) is 5.69 Å². The van der Waals surface area contributed by atoms with Crippen LogP contribution in [0.1, 0.15) is 5.56 Å². The summed E-state index contributed by atoms with van der Waals surface area (Å²) < 4.78 is 37.4. The summed E-state index contributed by atoms with van der Waals surface area (Å²) in [7, 11) is 0. The molecule has 0 aliphatic carbocycles. The van der Waals surface area contributed by atoms with Gasteiger partial charge in [-0.15, -0.1) is 0 Å². The molecule has 9 heteroatoms. The van der Waals surface area contributed by atoms with Crippen LogP contribution < -0.4 is 0 Å². The molecule has 0 N–H and O–H groups in total.